The highest BCUT2D eigenvalue weighted by Gasteiger charge is 2.25. The maximum Gasteiger partial charge on any atom is 0.237 e. The van der Waals surface area contributed by atoms with Crippen LogP contribution in [0.25, 0.3) is 0 Å². The summed E-state index contributed by atoms with van der Waals surface area (Å²) < 4.78 is 0. The fraction of sp³-hybridized carbons (Fsp3) is 0.833. The van der Waals surface area contributed by atoms with Gasteiger partial charge in [-0.3, -0.25) is 14.6 Å². The number of carbonyl (C=O) groups excluding carboxylic acids is 1. The number of nitrogens with zero attached hydrogens (tertiary/aromatic N) is 2. The van der Waals surface area contributed by atoms with Crippen molar-refractivity contribution in [3.05, 3.63) is 0 Å². The van der Waals surface area contributed by atoms with Gasteiger partial charge in [-0.15, -0.1) is 0 Å². The number of nitrogens with one attached hydrogen (secondary N) is 1. The number of piperazine rings is 1. The van der Waals surface area contributed by atoms with E-state index in [1.807, 2.05) is 6.92 Å². The number of hydrogen-bond acceptors (Lipinski definition) is 4. The van der Waals surface area contributed by atoms with Gasteiger partial charge in [-0.2, -0.15) is 0 Å². The number of amides is 1. The van der Waals surface area contributed by atoms with E-state index >= 15 is 0 Å². The highest BCUT2D eigenvalue weighted by atomic mass is 32.1. The fourth-order valence-corrected chi connectivity index (χ4v) is 2.27. The van der Waals surface area contributed by atoms with Gasteiger partial charge >= 0.3 is 0 Å². The quantitative estimate of drug-likeness (QED) is 0.656. The van der Waals surface area contributed by atoms with E-state index in [0.717, 1.165) is 39.1 Å². The van der Waals surface area contributed by atoms with E-state index in [0.29, 0.717) is 11.5 Å². The van der Waals surface area contributed by atoms with Crippen molar-refractivity contribution in [1.82, 2.24) is 15.1 Å². The van der Waals surface area contributed by atoms with Crippen LogP contribution in [-0.4, -0.2) is 66.0 Å². The van der Waals surface area contributed by atoms with E-state index in [1.54, 1.807) is 0 Å². The smallest absolute Gasteiger partial charge is 0.237 e. The third kappa shape index (κ3) is 4.88. The zero-order chi connectivity index (χ0) is 13.5. The van der Waals surface area contributed by atoms with Gasteiger partial charge in [0, 0.05) is 39.3 Å². The molecule has 0 aromatic carbocycles. The highest BCUT2D eigenvalue weighted by molar-refractivity contribution is 7.80. The summed E-state index contributed by atoms with van der Waals surface area (Å²) in [5.41, 5.74) is 5.53. The summed E-state index contributed by atoms with van der Waals surface area (Å²) in [6.07, 6.45) is 0.972. The second-order valence-electron chi connectivity index (χ2n) is 4.75. The van der Waals surface area contributed by atoms with E-state index in [1.165, 1.54) is 0 Å². The Kier molecular flexibility index (Phi) is 6.52. The number of thiocarbonyl (C=S) groups is 1. The van der Waals surface area contributed by atoms with Crippen LogP contribution in [0.2, 0.25) is 0 Å². The SMILES string of the molecule is CCCNC(=O)C(C)N1CCN(CC(N)=S)CC1. The highest BCUT2D eigenvalue weighted by Crippen LogP contribution is 2.06. The van der Waals surface area contributed by atoms with Crippen molar-refractivity contribution in [2.45, 2.75) is 26.3 Å². The molecule has 1 aliphatic rings. The van der Waals surface area contributed by atoms with Gasteiger partial charge in [0.1, 0.15) is 0 Å². The van der Waals surface area contributed by atoms with Crippen LogP contribution in [0.5, 0.6) is 0 Å². The molecule has 6 heteroatoms. The topological polar surface area (TPSA) is 61.6 Å². The van der Waals surface area contributed by atoms with Crippen LogP contribution in [-0.2, 0) is 4.79 Å². The van der Waals surface area contributed by atoms with Gasteiger partial charge in [0.15, 0.2) is 0 Å². The summed E-state index contributed by atoms with van der Waals surface area (Å²) >= 11 is 4.91. The molecule has 104 valence electrons. The van der Waals surface area contributed by atoms with Crippen molar-refractivity contribution in [2.75, 3.05) is 39.3 Å². The lowest BCUT2D eigenvalue weighted by Crippen LogP contribution is -2.54. The molecule has 1 rings (SSSR count). The van der Waals surface area contributed by atoms with Gasteiger partial charge in [-0.25, -0.2) is 0 Å². The average molecular weight is 272 g/mol. The molecule has 5 nitrogen and oxygen atoms in total. The molecule has 0 aromatic rings. The van der Waals surface area contributed by atoms with E-state index in [4.69, 9.17) is 18.0 Å². The second-order valence-corrected chi connectivity index (χ2v) is 5.27. The molecular formula is C12H24N4OS. The lowest BCUT2D eigenvalue weighted by molar-refractivity contribution is -0.126. The monoisotopic (exact) mass is 272 g/mol. The van der Waals surface area contributed by atoms with Gasteiger partial charge in [0.05, 0.1) is 11.0 Å². The van der Waals surface area contributed by atoms with Gasteiger partial charge in [0.25, 0.3) is 0 Å². The van der Waals surface area contributed by atoms with Crippen molar-refractivity contribution in [3.8, 4) is 0 Å². The van der Waals surface area contributed by atoms with Gasteiger partial charge < -0.3 is 11.1 Å². The predicted molar refractivity (Wildman–Crippen MR) is 77.6 cm³/mol. The molecule has 1 unspecified atom stereocenters. The first kappa shape index (κ1) is 15.3. The summed E-state index contributed by atoms with van der Waals surface area (Å²) in [4.78, 5) is 16.8. The zero-order valence-electron chi connectivity index (χ0n) is 11.3. The van der Waals surface area contributed by atoms with Crippen LogP contribution in [0.1, 0.15) is 20.3 Å². The molecule has 0 bridgehead atoms. The number of hydrogen-bond donors (Lipinski definition) is 2. The lowest BCUT2D eigenvalue weighted by atomic mass is 10.2. The van der Waals surface area contributed by atoms with E-state index < -0.39 is 0 Å². The first-order valence-corrected chi connectivity index (χ1v) is 6.97. The van der Waals surface area contributed by atoms with Crippen molar-refractivity contribution in [2.24, 2.45) is 5.73 Å². The second kappa shape index (κ2) is 7.66. The molecule has 3 N–H and O–H groups in total. The van der Waals surface area contributed by atoms with Gasteiger partial charge in [0.2, 0.25) is 5.91 Å². The minimum atomic E-state index is -0.0523. The molecule has 18 heavy (non-hydrogen) atoms. The van der Waals surface area contributed by atoms with Crippen LogP contribution in [0.3, 0.4) is 0 Å². The molecule has 0 radical (unpaired) electrons. The number of rotatable bonds is 6. The molecule has 1 heterocycles. The van der Waals surface area contributed by atoms with Crippen LogP contribution < -0.4 is 11.1 Å². The largest absolute Gasteiger partial charge is 0.392 e. The minimum Gasteiger partial charge on any atom is -0.392 e. The van der Waals surface area contributed by atoms with Crippen molar-refractivity contribution in [1.29, 1.82) is 0 Å². The van der Waals surface area contributed by atoms with Crippen LogP contribution in [0.4, 0.5) is 0 Å². The van der Waals surface area contributed by atoms with Crippen LogP contribution >= 0.6 is 12.2 Å². The van der Waals surface area contributed by atoms with E-state index in [-0.39, 0.29) is 11.9 Å². The summed E-state index contributed by atoms with van der Waals surface area (Å²) in [7, 11) is 0. The Hall–Kier alpha value is -0.720. The Morgan fingerprint density at radius 3 is 2.50 bits per heavy atom. The number of carbonyl (C=O) groups is 1. The standard InChI is InChI=1S/C12H24N4OS/c1-3-4-14-12(17)10(2)16-7-5-15(6-8-16)9-11(13)18/h10H,3-9H2,1-2H3,(H2,13,18)(H,14,17). The lowest BCUT2D eigenvalue weighted by Gasteiger charge is -2.37. The van der Waals surface area contributed by atoms with Crippen molar-refractivity contribution >= 4 is 23.1 Å². The fourth-order valence-electron chi connectivity index (χ4n) is 2.09. The zero-order valence-corrected chi connectivity index (χ0v) is 12.1. The molecule has 1 saturated heterocycles. The maximum absolute atomic E-state index is 11.9. The molecule has 0 aliphatic carbocycles. The first-order valence-electron chi connectivity index (χ1n) is 6.57. The van der Waals surface area contributed by atoms with Crippen LogP contribution in [0, 0.1) is 0 Å². The van der Waals surface area contributed by atoms with Gasteiger partial charge in [-0.1, -0.05) is 19.1 Å². The average Bonchev–Trinajstić information content (AvgIpc) is 2.35. The molecular weight excluding hydrogens is 248 g/mol. The third-order valence-electron chi connectivity index (χ3n) is 3.26. The Morgan fingerprint density at radius 2 is 2.00 bits per heavy atom. The molecule has 1 amide bonds. The van der Waals surface area contributed by atoms with Crippen molar-refractivity contribution in [3.63, 3.8) is 0 Å². The van der Waals surface area contributed by atoms with E-state index in [2.05, 4.69) is 22.0 Å². The molecule has 0 saturated carbocycles. The Bertz CT molecular complexity index is 290. The molecule has 1 fully saturated rings. The summed E-state index contributed by atoms with van der Waals surface area (Å²) in [6.45, 7) is 9.08. The van der Waals surface area contributed by atoms with Crippen molar-refractivity contribution < 1.29 is 4.79 Å². The van der Waals surface area contributed by atoms with Crippen LogP contribution in [0.15, 0.2) is 0 Å². The Morgan fingerprint density at radius 1 is 1.39 bits per heavy atom. The molecule has 0 spiro atoms. The summed E-state index contributed by atoms with van der Waals surface area (Å²) in [5, 5.41) is 2.94. The minimum absolute atomic E-state index is 0.0523. The molecule has 1 aliphatic heterocycles. The predicted octanol–water partition coefficient (Wildman–Crippen LogP) is -0.195. The molecule has 0 aromatic heterocycles. The normalized spacial score (nSPS) is 19.4. The number of nitrogens with two attached hydrogens (primary N) is 1. The maximum atomic E-state index is 11.9. The molecule has 1 atom stereocenters. The first-order chi connectivity index (χ1) is 8.54. The van der Waals surface area contributed by atoms with E-state index in [9.17, 15) is 4.79 Å². The van der Waals surface area contributed by atoms with Gasteiger partial charge in [-0.05, 0) is 13.3 Å². The summed E-state index contributed by atoms with van der Waals surface area (Å²) in [6, 6.07) is -0.0523. The Labute approximate surface area is 115 Å². The third-order valence-corrected chi connectivity index (χ3v) is 3.39. The summed E-state index contributed by atoms with van der Waals surface area (Å²) in [5.74, 6) is 0.125. The Balaban J connectivity index is 2.33.